The van der Waals surface area contributed by atoms with E-state index in [4.69, 9.17) is 30.8 Å². The fraction of sp³-hybridized carbons (Fsp3) is 0.724. The van der Waals surface area contributed by atoms with Gasteiger partial charge in [0.1, 0.15) is 23.5 Å². The highest BCUT2D eigenvalue weighted by molar-refractivity contribution is 6.30. The summed E-state index contributed by atoms with van der Waals surface area (Å²) in [4.78, 5) is 31.8. The van der Waals surface area contributed by atoms with E-state index in [1.165, 1.54) is 6.20 Å². The van der Waals surface area contributed by atoms with Gasteiger partial charge in [0.2, 0.25) is 0 Å². The van der Waals surface area contributed by atoms with Crippen molar-refractivity contribution < 1.29 is 23.4 Å². The van der Waals surface area contributed by atoms with Crippen molar-refractivity contribution in [2.75, 3.05) is 59.0 Å². The first-order valence-electron chi connectivity index (χ1n) is 14.4. The highest BCUT2D eigenvalue weighted by Crippen LogP contribution is 2.32. The summed E-state index contributed by atoms with van der Waals surface area (Å²) in [6.45, 7) is 15.6. The van der Waals surface area contributed by atoms with E-state index in [1.54, 1.807) is 12.0 Å². The highest BCUT2D eigenvalue weighted by atomic mass is 35.5. The van der Waals surface area contributed by atoms with Gasteiger partial charge in [-0.2, -0.15) is 9.97 Å². The number of nitrogens with zero attached hydrogens (tertiary/aromatic N) is 6. The summed E-state index contributed by atoms with van der Waals surface area (Å²) in [5.41, 5.74) is -0.804. The zero-order valence-electron chi connectivity index (χ0n) is 26.4. The molecule has 10 nitrogen and oxygen atoms in total. The van der Waals surface area contributed by atoms with Crippen molar-refractivity contribution in [2.24, 2.45) is 0 Å². The van der Waals surface area contributed by atoms with Gasteiger partial charge in [-0.25, -0.2) is 14.2 Å². The average molecular weight is 599 g/mol. The molecule has 0 aliphatic carbocycles. The van der Waals surface area contributed by atoms with E-state index in [-0.39, 0.29) is 28.3 Å². The van der Waals surface area contributed by atoms with Gasteiger partial charge in [0.05, 0.1) is 23.6 Å². The molecule has 12 heteroatoms. The number of likely N-dealkylation sites (N-methyl/N-ethyl adjacent to an activating group) is 1. The van der Waals surface area contributed by atoms with Crippen molar-refractivity contribution in [3.05, 3.63) is 17.2 Å². The van der Waals surface area contributed by atoms with Crippen LogP contribution in [-0.2, 0) is 9.47 Å². The summed E-state index contributed by atoms with van der Waals surface area (Å²) in [6.07, 6.45) is 3.84. The van der Waals surface area contributed by atoms with Gasteiger partial charge < -0.3 is 24.0 Å². The molecule has 0 saturated carbocycles. The van der Waals surface area contributed by atoms with Gasteiger partial charge in [-0.3, -0.25) is 4.90 Å². The fourth-order valence-electron chi connectivity index (χ4n) is 4.93. The number of carbonyl (C=O) groups is 1. The van der Waals surface area contributed by atoms with Crippen LogP contribution >= 0.6 is 11.6 Å². The van der Waals surface area contributed by atoms with E-state index >= 15 is 4.39 Å². The van der Waals surface area contributed by atoms with E-state index in [0.717, 1.165) is 19.3 Å². The SMILES string of the molecule is CC.CCCC(CC)(COc1nc(N2CCN(C(=O)OC(C)(C)C)C(COC)C2)c2cnc(Cl)c(F)c2n1)N(C)C. The standard InChI is InChI=1S/C27H42ClFN6O4.C2H6/c1-9-11-27(10-2,33(6)7)17-38-24-31-21-19(14-30-22(28)20(21)29)23(32-24)34-12-13-35(18(15-34)16-37-8)25(36)39-26(3,4)5;1-2/h14,18H,9-13,15-17H2,1-8H3;1-2H3. The summed E-state index contributed by atoms with van der Waals surface area (Å²) in [5.74, 6) is -0.267. The van der Waals surface area contributed by atoms with Crippen LogP contribution in [0.2, 0.25) is 5.15 Å². The molecule has 1 saturated heterocycles. The van der Waals surface area contributed by atoms with Crippen LogP contribution < -0.4 is 9.64 Å². The van der Waals surface area contributed by atoms with Gasteiger partial charge in [0, 0.05) is 32.9 Å². The third-order valence-electron chi connectivity index (χ3n) is 7.16. The van der Waals surface area contributed by atoms with Crippen LogP contribution in [-0.4, -0.2) is 102 Å². The predicted octanol–water partition coefficient (Wildman–Crippen LogP) is 5.80. The summed E-state index contributed by atoms with van der Waals surface area (Å²) in [5, 5.41) is 0.140. The molecule has 0 spiro atoms. The normalized spacial score (nSPS) is 17.2. The highest BCUT2D eigenvalue weighted by Gasteiger charge is 2.36. The first-order chi connectivity index (χ1) is 19.4. The van der Waals surface area contributed by atoms with Gasteiger partial charge >= 0.3 is 12.1 Å². The minimum absolute atomic E-state index is 0.0373. The van der Waals surface area contributed by atoms with Crippen molar-refractivity contribution in [1.29, 1.82) is 0 Å². The molecular formula is C29H48ClFN6O4. The number of hydrogen-bond acceptors (Lipinski definition) is 9. The van der Waals surface area contributed by atoms with E-state index in [9.17, 15) is 4.79 Å². The molecule has 0 aromatic carbocycles. The van der Waals surface area contributed by atoms with E-state index in [1.807, 2.05) is 53.6 Å². The number of amides is 1. The second kappa shape index (κ2) is 15.1. The van der Waals surface area contributed by atoms with Gasteiger partial charge in [-0.15, -0.1) is 0 Å². The number of hydrogen-bond donors (Lipinski definition) is 0. The van der Waals surface area contributed by atoms with Crippen molar-refractivity contribution >= 4 is 34.4 Å². The Morgan fingerprint density at radius 3 is 2.44 bits per heavy atom. The Hall–Kier alpha value is -2.50. The molecule has 2 aromatic rings. The Morgan fingerprint density at radius 1 is 1.20 bits per heavy atom. The van der Waals surface area contributed by atoms with Crippen molar-refractivity contribution in [2.45, 2.75) is 84.9 Å². The molecule has 0 N–H and O–H groups in total. The van der Waals surface area contributed by atoms with Crippen LogP contribution in [0.4, 0.5) is 15.0 Å². The lowest BCUT2D eigenvalue weighted by molar-refractivity contribution is 0.00338. The number of rotatable bonds is 10. The largest absolute Gasteiger partial charge is 0.461 e. The first kappa shape index (κ1) is 34.7. The molecule has 0 radical (unpaired) electrons. The van der Waals surface area contributed by atoms with Crippen LogP contribution in [0.1, 0.15) is 67.7 Å². The maximum absolute atomic E-state index is 15.2. The summed E-state index contributed by atoms with van der Waals surface area (Å²) in [6, 6.07) is -0.253. The molecule has 1 fully saturated rings. The maximum Gasteiger partial charge on any atom is 0.410 e. The molecule has 41 heavy (non-hydrogen) atoms. The smallest absolute Gasteiger partial charge is 0.410 e. The number of carbonyl (C=O) groups excluding carboxylic acids is 1. The molecule has 1 aliphatic rings. The fourth-order valence-corrected chi connectivity index (χ4v) is 5.07. The molecule has 232 valence electrons. The minimum atomic E-state index is -0.730. The lowest BCUT2D eigenvalue weighted by Gasteiger charge is -2.42. The lowest BCUT2D eigenvalue weighted by Crippen LogP contribution is -2.58. The Labute approximate surface area is 249 Å². The second-order valence-electron chi connectivity index (χ2n) is 11.2. The van der Waals surface area contributed by atoms with Gasteiger partial charge in [0.25, 0.3) is 0 Å². The summed E-state index contributed by atoms with van der Waals surface area (Å²) < 4.78 is 32.4. The maximum atomic E-state index is 15.2. The second-order valence-corrected chi connectivity index (χ2v) is 11.6. The number of halogens is 2. The van der Waals surface area contributed by atoms with E-state index < -0.39 is 17.5 Å². The van der Waals surface area contributed by atoms with Crippen LogP contribution in [0.25, 0.3) is 10.9 Å². The summed E-state index contributed by atoms with van der Waals surface area (Å²) >= 11 is 6.02. The molecule has 0 bridgehead atoms. The third-order valence-corrected chi connectivity index (χ3v) is 7.43. The topological polar surface area (TPSA) is 93.2 Å². The average Bonchev–Trinajstić information content (AvgIpc) is 2.93. The molecule has 2 atom stereocenters. The molecule has 3 rings (SSSR count). The van der Waals surface area contributed by atoms with Gasteiger partial charge in [-0.05, 0) is 47.7 Å². The summed E-state index contributed by atoms with van der Waals surface area (Å²) in [7, 11) is 5.64. The van der Waals surface area contributed by atoms with Gasteiger partial charge in [-0.1, -0.05) is 45.7 Å². The number of piperazine rings is 1. The number of aromatic nitrogens is 3. The molecular weight excluding hydrogens is 551 g/mol. The number of anilines is 1. The minimum Gasteiger partial charge on any atom is -0.461 e. The Bertz CT molecular complexity index is 1150. The van der Waals surface area contributed by atoms with Gasteiger partial charge in [0.15, 0.2) is 11.0 Å². The molecule has 2 aromatic heterocycles. The third kappa shape index (κ3) is 8.51. The van der Waals surface area contributed by atoms with Crippen molar-refractivity contribution in [3.63, 3.8) is 0 Å². The zero-order valence-corrected chi connectivity index (χ0v) is 27.1. The Kier molecular flexibility index (Phi) is 12.8. The van der Waals surface area contributed by atoms with Crippen LogP contribution in [0.3, 0.4) is 0 Å². The van der Waals surface area contributed by atoms with E-state index in [2.05, 4.69) is 28.7 Å². The predicted molar refractivity (Wildman–Crippen MR) is 162 cm³/mol. The number of fused-ring (bicyclic) bond motifs is 1. The molecule has 2 unspecified atom stereocenters. The number of ether oxygens (including phenoxy) is 3. The Morgan fingerprint density at radius 2 is 1.88 bits per heavy atom. The monoisotopic (exact) mass is 598 g/mol. The molecule has 1 aliphatic heterocycles. The number of pyridine rings is 1. The van der Waals surface area contributed by atoms with Crippen LogP contribution in [0.15, 0.2) is 6.20 Å². The van der Waals surface area contributed by atoms with Crippen molar-refractivity contribution in [3.8, 4) is 6.01 Å². The molecule has 1 amide bonds. The number of methoxy groups -OCH3 is 1. The molecule has 3 heterocycles. The Balaban J connectivity index is 0.00000287. The van der Waals surface area contributed by atoms with E-state index in [0.29, 0.717) is 44.1 Å². The van der Waals surface area contributed by atoms with Crippen LogP contribution in [0.5, 0.6) is 6.01 Å². The van der Waals surface area contributed by atoms with Crippen molar-refractivity contribution in [1.82, 2.24) is 24.8 Å². The first-order valence-corrected chi connectivity index (χ1v) is 14.8. The van der Waals surface area contributed by atoms with Crippen LogP contribution in [0, 0.1) is 5.82 Å². The zero-order chi connectivity index (χ0) is 31.0. The lowest BCUT2D eigenvalue weighted by atomic mass is 9.90. The quantitative estimate of drug-likeness (QED) is 0.314.